The lowest BCUT2D eigenvalue weighted by molar-refractivity contribution is -0.0514. The monoisotopic (exact) mass is 397 g/mol. The number of carbonyl (C=O) groups excluding carboxylic acids is 1. The summed E-state index contributed by atoms with van der Waals surface area (Å²) in [6.07, 6.45) is 0. The van der Waals surface area contributed by atoms with Crippen molar-refractivity contribution >= 4 is 17.6 Å². The van der Waals surface area contributed by atoms with Crippen molar-refractivity contribution in [3.63, 3.8) is 0 Å². The van der Waals surface area contributed by atoms with Gasteiger partial charge in [0.05, 0.1) is 13.2 Å². The number of carbonyl (C=O) groups is 1. The summed E-state index contributed by atoms with van der Waals surface area (Å²) in [6.45, 7) is 2.49. The fraction of sp³-hybridized carbons (Fsp3) is 0.250. The van der Waals surface area contributed by atoms with Crippen LogP contribution in [0.4, 0.5) is 4.79 Å². The van der Waals surface area contributed by atoms with Gasteiger partial charge in [0, 0.05) is 36.3 Å². The van der Waals surface area contributed by atoms with Crippen molar-refractivity contribution in [2.75, 3.05) is 33.4 Å². The van der Waals surface area contributed by atoms with E-state index in [1.54, 1.807) is 24.2 Å². The number of ether oxygens (including phenoxy) is 1. The molecule has 0 saturated carbocycles. The van der Waals surface area contributed by atoms with Crippen LogP contribution in [0.15, 0.2) is 54.6 Å². The summed E-state index contributed by atoms with van der Waals surface area (Å²) < 4.78 is 5.36. The van der Waals surface area contributed by atoms with Gasteiger partial charge < -0.3 is 4.74 Å². The Balaban J connectivity index is 1.72. The molecule has 1 aliphatic heterocycles. The number of hydrazine groups is 1. The molecule has 0 unspecified atom stereocenters. The molecule has 0 bridgehead atoms. The minimum absolute atomic E-state index is 0.320. The molecule has 7 nitrogen and oxygen atoms in total. The summed E-state index contributed by atoms with van der Waals surface area (Å²) in [7, 11) is 1.72. The highest BCUT2D eigenvalue weighted by atomic mass is 35.5. The van der Waals surface area contributed by atoms with Gasteiger partial charge in [0.25, 0.3) is 0 Å². The lowest BCUT2D eigenvalue weighted by atomic mass is 10.1. The molecule has 28 heavy (non-hydrogen) atoms. The second-order valence-electron chi connectivity index (χ2n) is 6.43. The first kappa shape index (κ1) is 18.6. The Morgan fingerprint density at radius 2 is 1.54 bits per heavy atom. The Kier molecular flexibility index (Phi) is 5.38. The molecule has 1 aromatic heterocycles. The van der Waals surface area contributed by atoms with Crippen LogP contribution >= 0.6 is 11.6 Å². The van der Waals surface area contributed by atoms with E-state index in [0.29, 0.717) is 42.7 Å². The second-order valence-corrected chi connectivity index (χ2v) is 6.87. The Labute approximate surface area is 168 Å². The molecular formula is C20H20ClN5O2. The predicted molar refractivity (Wildman–Crippen MR) is 107 cm³/mol. The summed E-state index contributed by atoms with van der Waals surface area (Å²) >= 11 is 6.02. The second kappa shape index (κ2) is 8.10. The normalized spacial score (nSPS) is 14.8. The van der Waals surface area contributed by atoms with Crippen LogP contribution in [0.2, 0.25) is 5.02 Å². The minimum Gasteiger partial charge on any atom is -0.379 e. The largest absolute Gasteiger partial charge is 0.379 e. The Morgan fingerprint density at radius 3 is 2.14 bits per heavy atom. The van der Waals surface area contributed by atoms with Crippen LogP contribution < -0.4 is 0 Å². The Bertz CT molecular complexity index is 952. The van der Waals surface area contributed by atoms with E-state index in [1.165, 1.54) is 0 Å². The van der Waals surface area contributed by atoms with Crippen molar-refractivity contribution in [3.8, 4) is 22.5 Å². The smallest absolute Gasteiger partial charge is 0.376 e. The lowest BCUT2D eigenvalue weighted by Crippen LogP contribution is -2.51. The van der Waals surface area contributed by atoms with Gasteiger partial charge in [-0.3, -0.25) is 5.01 Å². The first-order valence-electron chi connectivity index (χ1n) is 9.03. The van der Waals surface area contributed by atoms with Crippen molar-refractivity contribution in [1.29, 1.82) is 0 Å². The van der Waals surface area contributed by atoms with E-state index in [4.69, 9.17) is 16.3 Å². The number of hydrogen-bond donors (Lipinski definition) is 0. The molecule has 8 heteroatoms. The van der Waals surface area contributed by atoms with Crippen molar-refractivity contribution in [3.05, 3.63) is 59.6 Å². The van der Waals surface area contributed by atoms with Gasteiger partial charge in [0.2, 0.25) is 0 Å². The third kappa shape index (κ3) is 3.77. The van der Waals surface area contributed by atoms with E-state index in [0.717, 1.165) is 15.9 Å². The summed E-state index contributed by atoms with van der Waals surface area (Å²) in [5.74, 6) is 0. The highest BCUT2D eigenvalue weighted by molar-refractivity contribution is 6.30. The van der Waals surface area contributed by atoms with Gasteiger partial charge in [-0.25, -0.2) is 9.80 Å². The van der Waals surface area contributed by atoms with Crippen LogP contribution in [0.3, 0.4) is 0 Å². The van der Waals surface area contributed by atoms with E-state index < -0.39 is 0 Å². The highest BCUT2D eigenvalue weighted by Crippen LogP contribution is 2.29. The zero-order valence-electron chi connectivity index (χ0n) is 15.5. The van der Waals surface area contributed by atoms with Gasteiger partial charge in [-0.2, -0.15) is 0 Å². The third-order valence-electron chi connectivity index (χ3n) is 4.64. The number of halogens is 1. The fourth-order valence-electron chi connectivity index (χ4n) is 3.09. The van der Waals surface area contributed by atoms with Crippen LogP contribution in [-0.2, 0) is 4.74 Å². The molecule has 0 N–H and O–H groups in total. The number of benzene rings is 2. The van der Waals surface area contributed by atoms with E-state index in [1.807, 2.05) is 47.5 Å². The average molecular weight is 398 g/mol. The SMILES string of the molecule is CN(C(=O)n1nc(-c2ccccc2)c(-c2ccc(Cl)cc2)n1)N1CCOCC1. The van der Waals surface area contributed by atoms with Crippen LogP contribution in [0.5, 0.6) is 0 Å². The number of nitrogens with zero attached hydrogens (tertiary/aromatic N) is 5. The Hall–Kier alpha value is -2.74. The first-order chi connectivity index (χ1) is 13.6. The molecule has 1 saturated heterocycles. The van der Waals surface area contributed by atoms with Crippen molar-refractivity contribution in [1.82, 2.24) is 25.0 Å². The van der Waals surface area contributed by atoms with E-state index in [-0.39, 0.29) is 6.03 Å². The van der Waals surface area contributed by atoms with Gasteiger partial charge in [0.15, 0.2) is 0 Å². The molecule has 0 spiro atoms. The predicted octanol–water partition coefficient (Wildman–Crippen LogP) is 3.41. The van der Waals surface area contributed by atoms with E-state index in [9.17, 15) is 4.79 Å². The zero-order valence-corrected chi connectivity index (χ0v) is 16.2. The lowest BCUT2D eigenvalue weighted by Gasteiger charge is -2.33. The average Bonchev–Trinajstić information content (AvgIpc) is 3.20. The highest BCUT2D eigenvalue weighted by Gasteiger charge is 2.25. The molecule has 2 aromatic carbocycles. The van der Waals surface area contributed by atoms with Gasteiger partial charge in [-0.15, -0.1) is 10.2 Å². The van der Waals surface area contributed by atoms with Gasteiger partial charge in [-0.1, -0.05) is 58.9 Å². The van der Waals surface area contributed by atoms with Crippen molar-refractivity contribution in [2.24, 2.45) is 0 Å². The number of hydrogen-bond acceptors (Lipinski definition) is 5. The molecular weight excluding hydrogens is 378 g/mol. The maximum absolute atomic E-state index is 13.0. The molecule has 0 atom stereocenters. The third-order valence-corrected chi connectivity index (χ3v) is 4.89. The summed E-state index contributed by atoms with van der Waals surface area (Å²) in [4.78, 5) is 14.1. The van der Waals surface area contributed by atoms with Crippen LogP contribution in [0.1, 0.15) is 0 Å². The molecule has 0 radical (unpaired) electrons. The molecule has 0 aliphatic carbocycles. The van der Waals surface area contributed by atoms with E-state index >= 15 is 0 Å². The maximum Gasteiger partial charge on any atom is 0.376 e. The summed E-state index contributed by atoms with van der Waals surface area (Å²) in [6, 6.07) is 16.7. The van der Waals surface area contributed by atoms with Gasteiger partial charge in [0.1, 0.15) is 11.4 Å². The molecule has 2 heterocycles. The molecule has 3 aromatic rings. The van der Waals surface area contributed by atoms with Crippen LogP contribution in [-0.4, -0.2) is 64.4 Å². The number of amides is 1. The molecule has 4 rings (SSSR count). The van der Waals surface area contributed by atoms with Gasteiger partial charge in [-0.05, 0) is 12.1 Å². The number of aromatic nitrogens is 3. The molecule has 144 valence electrons. The standard InChI is InChI=1S/C20H20ClN5O2/c1-24(25-11-13-28-14-12-25)20(27)26-22-18(15-5-3-2-4-6-15)19(23-26)16-7-9-17(21)10-8-16/h2-10H,11-14H2,1H3. The summed E-state index contributed by atoms with van der Waals surface area (Å²) in [5, 5.41) is 13.1. The molecule has 1 aliphatic rings. The maximum atomic E-state index is 13.0. The Morgan fingerprint density at radius 1 is 0.964 bits per heavy atom. The zero-order chi connectivity index (χ0) is 19.5. The fourth-order valence-corrected chi connectivity index (χ4v) is 3.21. The van der Waals surface area contributed by atoms with Crippen LogP contribution in [0.25, 0.3) is 22.5 Å². The summed E-state index contributed by atoms with van der Waals surface area (Å²) in [5.41, 5.74) is 3.01. The first-order valence-corrected chi connectivity index (χ1v) is 9.40. The quantitative estimate of drug-likeness (QED) is 0.677. The van der Waals surface area contributed by atoms with Crippen molar-refractivity contribution < 1.29 is 9.53 Å². The van der Waals surface area contributed by atoms with Crippen LogP contribution in [0, 0.1) is 0 Å². The van der Waals surface area contributed by atoms with Gasteiger partial charge >= 0.3 is 6.03 Å². The number of rotatable bonds is 3. The number of morpholine rings is 1. The topological polar surface area (TPSA) is 63.5 Å². The van der Waals surface area contributed by atoms with E-state index in [2.05, 4.69) is 10.2 Å². The molecule has 1 amide bonds. The van der Waals surface area contributed by atoms with Crippen molar-refractivity contribution in [2.45, 2.75) is 0 Å². The molecule has 1 fully saturated rings. The minimum atomic E-state index is -0.320.